The van der Waals surface area contributed by atoms with Crippen molar-refractivity contribution in [2.75, 3.05) is 58.3 Å². The number of nitrogens with zero attached hydrogens (tertiary/aromatic N) is 2. The van der Waals surface area contributed by atoms with Crippen LogP contribution in [0.25, 0.3) is 0 Å². The van der Waals surface area contributed by atoms with Crippen molar-refractivity contribution < 1.29 is 9.53 Å². The molecule has 0 aromatic carbocycles. The molecule has 1 rings (SSSR count). The first-order valence-corrected chi connectivity index (χ1v) is 7.86. The van der Waals surface area contributed by atoms with E-state index in [9.17, 15) is 4.79 Å². The van der Waals surface area contributed by atoms with E-state index in [1.165, 1.54) is 11.3 Å². The van der Waals surface area contributed by atoms with Crippen LogP contribution >= 0.6 is 23.1 Å². The lowest BCUT2D eigenvalue weighted by molar-refractivity contribution is 0.0833. The van der Waals surface area contributed by atoms with E-state index in [4.69, 9.17) is 10.5 Å². The van der Waals surface area contributed by atoms with Gasteiger partial charge in [0.1, 0.15) is 9.88 Å². The number of carbonyl (C=O) groups excluding carboxylic acids is 1. The fourth-order valence-electron chi connectivity index (χ4n) is 1.56. The zero-order valence-electron chi connectivity index (χ0n) is 12.0. The molecule has 1 amide bonds. The molecule has 5 nitrogen and oxygen atoms in total. The van der Waals surface area contributed by atoms with Crippen LogP contribution in [-0.2, 0) is 4.74 Å². The molecular formula is C12H21N3O2S2. The van der Waals surface area contributed by atoms with E-state index in [1.54, 1.807) is 37.9 Å². The van der Waals surface area contributed by atoms with E-state index in [0.717, 1.165) is 16.4 Å². The number of amides is 1. The second kappa shape index (κ2) is 7.02. The maximum absolute atomic E-state index is 12.1. The summed E-state index contributed by atoms with van der Waals surface area (Å²) in [4.78, 5) is 17.3. The van der Waals surface area contributed by atoms with Gasteiger partial charge in [0.15, 0.2) is 0 Å². The van der Waals surface area contributed by atoms with E-state index in [-0.39, 0.29) is 5.91 Å². The number of hydrogen-bond donors (Lipinski definition) is 1. The number of hydrogen-bond acceptors (Lipinski definition) is 6. The number of rotatable bonds is 6. The topological polar surface area (TPSA) is 58.8 Å². The molecule has 108 valence electrons. The van der Waals surface area contributed by atoms with Gasteiger partial charge in [-0.2, -0.15) is 0 Å². The summed E-state index contributed by atoms with van der Waals surface area (Å²) in [6.45, 7) is 1.40. The molecule has 0 atom stereocenters. The summed E-state index contributed by atoms with van der Waals surface area (Å²) in [6.07, 6.45) is 1.97. The summed E-state index contributed by atoms with van der Waals surface area (Å²) >= 11 is 3.00. The van der Waals surface area contributed by atoms with Crippen molar-refractivity contribution in [2.24, 2.45) is 0 Å². The van der Waals surface area contributed by atoms with E-state index < -0.39 is 0 Å². The third kappa shape index (κ3) is 3.55. The highest BCUT2D eigenvalue weighted by molar-refractivity contribution is 7.99. The van der Waals surface area contributed by atoms with Crippen molar-refractivity contribution >= 4 is 39.7 Å². The summed E-state index contributed by atoms with van der Waals surface area (Å²) in [5.74, 6) is -0.0517. The Morgan fingerprint density at radius 2 is 2.05 bits per heavy atom. The smallest absolute Gasteiger partial charge is 0.265 e. The van der Waals surface area contributed by atoms with Gasteiger partial charge in [0, 0.05) is 34.8 Å². The van der Waals surface area contributed by atoms with Crippen LogP contribution < -0.4 is 10.6 Å². The van der Waals surface area contributed by atoms with Crippen LogP contribution in [0.15, 0.2) is 4.90 Å². The Labute approximate surface area is 122 Å². The zero-order valence-corrected chi connectivity index (χ0v) is 13.7. The Hall–Kier alpha value is -0.920. The predicted molar refractivity (Wildman–Crippen MR) is 83.7 cm³/mol. The van der Waals surface area contributed by atoms with Gasteiger partial charge >= 0.3 is 0 Å². The number of thioether (sulfide) groups is 1. The minimum absolute atomic E-state index is 0.0517. The number of ether oxygens (including phenoxy) is 1. The van der Waals surface area contributed by atoms with Gasteiger partial charge in [0.2, 0.25) is 0 Å². The fourth-order valence-corrected chi connectivity index (χ4v) is 3.77. The summed E-state index contributed by atoms with van der Waals surface area (Å²) in [6, 6.07) is 0. The molecule has 0 saturated carbocycles. The molecule has 0 radical (unpaired) electrons. The summed E-state index contributed by atoms with van der Waals surface area (Å²) < 4.78 is 5.08. The van der Waals surface area contributed by atoms with Crippen LogP contribution in [0, 0.1) is 0 Å². The molecule has 0 aliphatic heterocycles. The molecule has 1 aromatic heterocycles. The number of nitrogens with two attached hydrogens (primary N) is 1. The molecule has 1 aromatic rings. The molecule has 7 heteroatoms. The van der Waals surface area contributed by atoms with Crippen molar-refractivity contribution in [3.63, 3.8) is 0 Å². The van der Waals surface area contributed by atoms with Crippen LogP contribution in [0.5, 0.6) is 0 Å². The lowest BCUT2D eigenvalue weighted by atomic mass is 10.3. The highest BCUT2D eigenvalue weighted by atomic mass is 32.2. The van der Waals surface area contributed by atoms with Gasteiger partial charge in [-0.15, -0.1) is 23.1 Å². The monoisotopic (exact) mass is 303 g/mol. The van der Waals surface area contributed by atoms with Crippen molar-refractivity contribution in [3.8, 4) is 0 Å². The van der Waals surface area contributed by atoms with Crippen LogP contribution in [0.4, 0.5) is 10.7 Å². The number of carbonyl (C=O) groups is 1. The van der Waals surface area contributed by atoms with Gasteiger partial charge in [-0.25, -0.2) is 0 Å². The number of anilines is 2. The Morgan fingerprint density at radius 3 is 2.53 bits per heavy atom. The fraction of sp³-hybridized carbons (Fsp3) is 0.583. The molecule has 19 heavy (non-hydrogen) atoms. The van der Waals surface area contributed by atoms with Gasteiger partial charge in [0.25, 0.3) is 5.91 Å². The van der Waals surface area contributed by atoms with Gasteiger partial charge in [-0.3, -0.25) is 4.79 Å². The van der Waals surface area contributed by atoms with Crippen LogP contribution in [-0.4, -0.2) is 58.5 Å². The first-order valence-electron chi connectivity index (χ1n) is 5.82. The first-order chi connectivity index (χ1) is 8.93. The van der Waals surface area contributed by atoms with Crippen LogP contribution in [0.3, 0.4) is 0 Å². The molecule has 1 heterocycles. The maximum atomic E-state index is 12.1. The van der Waals surface area contributed by atoms with E-state index >= 15 is 0 Å². The largest absolute Gasteiger partial charge is 0.396 e. The zero-order chi connectivity index (χ0) is 14.6. The van der Waals surface area contributed by atoms with Gasteiger partial charge in [-0.05, 0) is 6.26 Å². The van der Waals surface area contributed by atoms with Crippen molar-refractivity contribution in [1.82, 2.24) is 4.90 Å². The van der Waals surface area contributed by atoms with E-state index in [0.29, 0.717) is 17.2 Å². The molecule has 0 spiro atoms. The average Bonchev–Trinajstić information content (AvgIpc) is 2.71. The molecule has 0 aliphatic carbocycles. The molecule has 2 N–H and O–H groups in total. The van der Waals surface area contributed by atoms with E-state index in [1.807, 2.05) is 13.3 Å². The van der Waals surface area contributed by atoms with Gasteiger partial charge in [-0.1, -0.05) is 0 Å². The van der Waals surface area contributed by atoms with Gasteiger partial charge < -0.3 is 20.3 Å². The minimum atomic E-state index is -0.0517. The number of methoxy groups -OCH3 is 1. The second-order valence-electron chi connectivity index (χ2n) is 4.30. The van der Waals surface area contributed by atoms with Gasteiger partial charge in [0.05, 0.1) is 17.2 Å². The normalized spacial score (nSPS) is 10.6. The minimum Gasteiger partial charge on any atom is -0.396 e. The van der Waals surface area contributed by atoms with Crippen LogP contribution in [0.1, 0.15) is 9.67 Å². The Balaban J connectivity index is 3.12. The van der Waals surface area contributed by atoms with E-state index in [2.05, 4.69) is 4.90 Å². The molecule has 0 unspecified atom stereocenters. The molecular weight excluding hydrogens is 282 g/mol. The molecule has 0 fully saturated rings. The lowest BCUT2D eigenvalue weighted by Gasteiger charge is -2.18. The maximum Gasteiger partial charge on any atom is 0.265 e. The third-order valence-corrected chi connectivity index (χ3v) is 4.92. The Bertz CT molecular complexity index is 446. The quantitative estimate of drug-likeness (QED) is 0.813. The van der Waals surface area contributed by atoms with Crippen LogP contribution in [0.2, 0.25) is 0 Å². The van der Waals surface area contributed by atoms with Crippen molar-refractivity contribution in [2.45, 2.75) is 4.90 Å². The third-order valence-electron chi connectivity index (χ3n) is 2.66. The highest BCUT2D eigenvalue weighted by Crippen LogP contribution is 2.43. The molecule has 0 bridgehead atoms. The Kier molecular flexibility index (Phi) is 5.96. The second-order valence-corrected chi connectivity index (χ2v) is 6.11. The number of nitrogen functional groups attached to an aromatic ring is 1. The Morgan fingerprint density at radius 1 is 1.42 bits per heavy atom. The number of likely N-dealkylation sites (N-methyl/N-ethyl adjacent to an activating group) is 1. The molecule has 0 saturated heterocycles. The highest BCUT2D eigenvalue weighted by Gasteiger charge is 2.23. The first kappa shape index (κ1) is 16.1. The average molecular weight is 303 g/mol. The summed E-state index contributed by atoms with van der Waals surface area (Å²) in [7, 11) is 7.12. The number of thiophene rings is 1. The predicted octanol–water partition coefficient (Wildman–Crippen LogP) is 1.84. The molecule has 0 aliphatic rings. The summed E-state index contributed by atoms with van der Waals surface area (Å²) in [5, 5.41) is 1.02. The summed E-state index contributed by atoms with van der Waals surface area (Å²) in [5.41, 5.74) is 6.68. The lowest BCUT2D eigenvalue weighted by Crippen LogP contribution is -2.22. The van der Waals surface area contributed by atoms with Crippen molar-refractivity contribution in [1.29, 1.82) is 0 Å². The standard InChI is InChI=1S/C12H21N3O2S2/c1-14(2)11(16)9-8(13)10(18-5)12(19-9)15(3)6-7-17-4/h6-7,13H2,1-5H3. The SMILES string of the molecule is COCCN(C)c1sc(C(=O)N(C)C)c(N)c1SC. The van der Waals surface area contributed by atoms with Crippen molar-refractivity contribution in [3.05, 3.63) is 4.88 Å².